The molecule has 0 bridgehead atoms. The maximum Gasteiger partial charge on any atom is 0.213 e. The molecule has 2 aromatic carbocycles. The molecule has 0 unspecified atom stereocenters. The minimum atomic E-state index is -0.201. The van der Waals surface area contributed by atoms with Gasteiger partial charge in [-0.15, -0.1) is 11.3 Å². The molecule has 0 aliphatic carbocycles. The normalized spacial score (nSPS) is 21.0. The van der Waals surface area contributed by atoms with Gasteiger partial charge in [0.1, 0.15) is 5.75 Å². The SMILES string of the molecule is Cc1ccc(C2=NN3[C@H](C2)c2cc(Br)ccc2O[C@@H]3c2ccccc2)s1. The van der Waals surface area contributed by atoms with Gasteiger partial charge in [0.05, 0.1) is 16.6 Å². The summed E-state index contributed by atoms with van der Waals surface area (Å²) in [6.07, 6.45) is 0.698. The Bertz CT molecular complexity index is 998. The highest BCUT2D eigenvalue weighted by Crippen LogP contribution is 2.48. The van der Waals surface area contributed by atoms with E-state index in [-0.39, 0.29) is 12.3 Å². The van der Waals surface area contributed by atoms with Gasteiger partial charge >= 0.3 is 0 Å². The van der Waals surface area contributed by atoms with Crippen molar-refractivity contribution < 1.29 is 4.74 Å². The second-order valence-electron chi connectivity index (χ2n) is 6.62. The van der Waals surface area contributed by atoms with Gasteiger partial charge in [-0.1, -0.05) is 46.3 Å². The Labute approximate surface area is 165 Å². The van der Waals surface area contributed by atoms with Crippen molar-refractivity contribution in [2.24, 2.45) is 5.10 Å². The Balaban J connectivity index is 1.61. The fraction of sp³-hybridized carbons (Fsp3) is 0.190. The smallest absolute Gasteiger partial charge is 0.213 e. The minimum Gasteiger partial charge on any atom is -0.464 e. The molecule has 3 nitrogen and oxygen atoms in total. The van der Waals surface area contributed by atoms with Crippen molar-refractivity contribution in [3.63, 3.8) is 0 Å². The predicted octanol–water partition coefficient (Wildman–Crippen LogP) is 6.06. The molecule has 5 rings (SSSR count). The van der Waals surface area contributed by atoms with Crippen LogP contribution in [0.4, 0.5) is 0 Å². The molecule has 0 amide bonds. The molecule has 5 heteroatoms. The minimum absolute atomic E-state index is 0.193. The van der Waals surface area contributed by atoms with Crippen molar-refractivity contribution in [3.05, 3.63) is 86.0 Å². The fourth-order valence-electron chi connectivity index (χ4n) is 3.63. The van der Waals surface area contributed by atoms with Crippen LogP contribution in [0.3, 0.4) is 0 Å². The first-order chi connectivity index (χ1) is 12.7. The van der Waals surface area contributed by atoms with Crippen LogP contribution in [-0.4, -0.2) is 10.7 Å². The Morgan fingerprint density at radius 2 is 1.96 bits per heavy atom. The Hall–Kier alpha value is -2.11. The number of thiophene rings is 1. The quantitative estimate of drug-likeness (QED) is 0.499. The Kier molecular flexibility index (Phi) is 3.87. The van der Waals surface area contributed by atoms with Crippen molar-refractivity contribution in [3.8, 4) is 5.75 Å². The van der Waals surface area contributed by atoms with E-state index >= 15 is 0 Å². The summed E-state index contributed by atoms with van der Waals surface area (Å²) in [5.74, 6) is 0.946. The molecule has 0 saturated carbocycles. The van der Waals surface area contributed by atoms with Crippen molar-refractivity contribution in [1.29, 1.82) is 0 Å². The van der Waals surface area contributed by atoms with E-state index in [0.29, 0.717) is 0 Å². The van der Waals surface area contributed by atoms with Crippen molar-refractivity contribution in [2.45, 2.75) is 25.6 Å². The van der Waals surface area contributed by atoms with E-state index in [4.69, 9.17) is 9.84 Å². The Morgan fingerprint density at radius 1 is 1.12 bits per heavy atom. The van der Waals surface area contributed by atoms with Gasteiger partial charge < -0.3 is 4.74 Å². The summed E-state index contributed by atoms with van der Waals surface area (Å²) in [4.78, 5) is 2.56. The number of fused-ring (bicyclic) bond motifs is 3. The molecule has 1 aromatic heterocycles. The molecule has 0 saturated heterocycles. The van der Waals surface area contributed by atoms with Crippen LogP contribution in [0.1, 0.15) is 39.6 Å². The number of aryl methyl sites for hydroxylation is 1. The van der Waals surface area contributed by atoms with Gasteiger partial charge in [0, 0.05) is 26.9 Å². The maximum atomic E-state index is 6.38. The van der Waals surface area contributed by atoms with E-state index in [1.165, 1.54) is 15.3 Å². The van der Waals surface area contributed by atoms with Crippen LogP contribution in [0.2, 0.25) is 0 Å². The van der Waals surface area contributed by atoms with E-state index < -0.39 is 0 Å². The van der Waals surface area contributed by atoms with Crippen LogP contribution in [-0.2, 0) is 0 Å². The van der Waals surface area contributed by atoms with Gasteiger partial charge in [-0.05, 0) is 37.3 Å². The molecular weight excluding hydrogens is 408 g/mol. The van der Waals surface area contributed by atoms with Gasteiger partial charge in [0.2, 0.25) is 6.23 Å². The summed E-state index contributed by atoms with van der Waals surface area (Å²) < 4.78 is 7.45. The first-order valence-corrected chi connectivity index (χ1v) is 10.2. The molecule has 26 heavy (non-hydrogen) atoms. The Morgan fingerprint density at radius 3 is 2.73 bits per heavy atom. The fourth-order valence-corrected chi connectivity index (χ4v) is 4.87. The monoisotopic (exact) mass is 424 g/mol. The van der Waals surface area contributed by atoms with Crippen molar-refractivity contribution in [2.75, 3.05) is 0 Å². The van der Waals surface area contributed by atoms with Crippen LogP contribution in [0.5, 0.6) is 5.75 Å². The topological polar surface area (TPSA) is 24.8 Å². The zero-order valence-electron chi connectivity index (χ0n) is 14.2. The van der Waals surface area contributed by atoms with E-state index in [2.05, 4.69) is 64.3 Å². The standard InChI is InChI=1S/C21H17BrN2OS/c1-13-7-10-20(26-13)17-12-18-16-11-15(22)8-9-19(16)25-21(24(18)23-17)14-5-3-2-4-6-14/h2-11,18,21H,12H2,1H3/t18-,21-/m1/s1. The van der Waals surface area contributed by atoms with Crippen molar-refractivity contribution >= 4 is 33.0 Å². The molecule has 0 spiro atoms. The second kappa shape index (κ2) is 6.25. The molecular formula is C21H17BrN2OS. The van der Waals surface area contributed by atoms with E-state index in [1.807, 2.05) is 24.3 Å². The molecule has 3 heterocycles. The lowest BCUT2D eigenvalue weighted by Gasteiger charge is -2.38. The highest BCUT2D eigenvalue weighted by atomic mass is 79.9. The highest BCUT2D eigenvalue weighted by molar-refractivity contribution is 9.10. The molecule has 2 aliphatic heterocycles. The third kappa shape index (κ3) is 2.66. The summed E-state index contributed by atoms with van der Waals surface area (Å²) in [6.45, 7) is 2.14. The van der Waals surface area contributed by atoms with Crippen LogP contribution in [0, 0.1) is 6.92 Å². The van der Waals surface area contributed by atoms with Gasteiger partial charge in [-0.3, -0.25) is 0 Å². The number of benzene rings is 2. The van der Waals surface area contributed by atoms with E-state index in [9.17, 15) is 0 Å². The lowest BCUT2D eigenvalue weighted by atomic mass is 9.98. The number of ether oxygens (including phenoxy) is 1. The van der Waals surface area contributed by atoms with Crippen LogP contribution >= 0.6 is 27.3 Å². The van der Waals surface area contributed by atoms with Crippen LogP contribution in [0.15, 0.2) is 70.2 Å². The number of halogens is 1. The van der Waals surface area contributed by atoms with Crippen molar-refractivity contribution in [1.82, 2.24) is 5.01 Å². The number of rotatable bonds is 2. The van der Waals surface area contributed by atoms with E-state index in [0.717, 1.165) is 27.9 Å². The molecule has 130 valence electrons. The first kappa shape index (κ1) is 16.1. The molecule has 2 aliphatic rings. The average Bonchev–Trinajstić information content (AvgIpc) is 3.28. The van der Waals surface area contributed by atoms with Gasteiger partial charge in [-0.2, -0.15) is 5.10 Å². The lowest BCUT2D eigenvalue weighted by Crippen LogP contribution is -2.33. The maximum absolute atomic E-state index is 6.38. The lowest BCUT2D eigenvalue weighted by molar-refractivity contribution is -0.0190. The number of hydrogen-bond acceptors (Lipinski definition) is 4. The van der Waals surface area contributed by atoms with Gasteiger partial charge in [0.15, 0.2) is 0 Å². The average molecular weight is 425 g/mol. The molecule has 0 N–H and O–H groups in total. The van der Waals surface area contributed by atoms with Gasteiger partial charge in [-0.25, -0.2) is 5.01 Å². The zero-order chi connectivity index (χ0) is 17.7. The third-order valence-corrected chi connectivity index (χ3v) is 6.40. The summed E-state index contributed by atoms with van der Waals surface area (Å²) in [5, 5.41) is 7.13. The number of hydrogen-bond donors (Lipinski definition) is 0. The second-order valence-corrected chi connectivity index (χ2v) is 8.82. The summed E-state index contributed by atoms with van der Waals surface area (Å²) in [7, 11) is 0. The number of hydrazone groups is 1. The van der Waals surface area contributed by atoms with Crippen LogP contribution in [0.25, 0.3) is 0 Å². The summed E-state index contributed by atoms with van der Waals surface area (Å²) in [5.41, 5.74) is 3.46. The molecule has 0 fully saturated rings. The highest BCUT2D eigenvalue weighted by Gasteiger charge is 2.41. The molecule has 0 radical (unpaired) electrons. The predicted molar refractivity (Wildman–Crippen MR) is 109 cm³/mol. The van der Waals surface area contributed by atoms with E-state index in [1.54, 1.807) is 11.3 Å². The third-order valence-electron chi connectivity index (χ3n) is 4.86. The first-order valence-electron chi connectivity index (χ1n) is 8.63. The zero-order valence-corrected chi connectivity index (χ0v) is 16.6. The summed E-state index contributed by atoms with van der Waals surface area (Å²) >= 11 is 5.41. The largest absolute Gasteiger partial charge is 0.464 e. The van der Waals surface area contributed by atoms with Crippen LogP contribution < -0.4 is 4.74 Å². The molecule has 3 aromatic rings. The molecule has 2 atom stereocenters. The number of nitrogens with zero attached hydrogens (tertiary/aromatic N) is 2. The van der Waals surface area contributed by atoms with Gasteiger partial charge in [0.25, 0.3) is 0 Å². The summed E-state index contributed by atoms with van der Waals surface area (Å²) in [6, 6.07) is 21.1.